The number of carbonyl (C=O) groups excluding carboxylic acids is 12. The van der Waals surface area contributed by atoms with E-state index >= 15 is 47.9 Å². The second-order valence-corrected chi connectivity index (χ2v) is 34.4. The average molecular weight is 1540 g/mol. The molecule has 26 nitrogen and oxygen atoms in total. The van der Waals surface area contributed by atoms with E-state index < -0.39 is 179 Å². The van der Waals surface area contributed by atoms with Crippen LogP contribution >= 0.6 is 0 Å². The van der Waals surface area contributed by atoms with Crippen LogP contribution in [0.5, 0.6) is 0 Å². The topological polar surface area (TPSA) is 289 Å². The molecule has 4 heterocycles. The number of fused-ring (bicyclic) bond motifs is 4. The smallest absolute Gasteiger partial charge is 0.381 e. The van der Waals surface area contributed by atoms with Gasteiger partial charge in [0.05, 0.1) is 31.6 Å². The van der Waals surface area contributed by atoms with Crippen LogP contribution in [0.1, 0.15) is 209 Å². The molecule has 7 fully saturated rings. The Labute approximate surface area is 644 Å². The van der Waals surface area contributed by atoms with E-state index in [1.165, 1.54) is 88.6 Å². The summed E-state index contributed by atoms with van der Waals surface area (Å²) in [6.45, 7) is 14.9. The number of rotatable bonds is 15. The quantitative estimate of drug-likeness (QED) is 0.114. The van der Waals surface area contributed by atoms with Gasteiger partial charge in [0.1, 0.15) is 59.9 Å². The maximum Gasteiger partial charge on any atom is 0.394 e. The molecule has 4 aliphatic heterocycles. The van der Waals surface area contributed by atoms with Crippen molar-refractivity contribution in [2.24, 2.45) is 46.8 Å². The van der Waals surface area contributed by atoms with Crippen LogP contribution in [-0.4, -0.2) is 283 Å². The zero-order chi connectivity index (χ0) is 80.3. The number of methoxy groups -OCH3 is 1. The van der Waals surface area contributed by atoms with Crippen LogP contribution in [-0.2, 0) is 67.0 Å². The van der Waals surface area contributed by atoms with Gasteiger partial charge >= 0.3 is 6.18 Å². The molecular weight excluding hydrogens is 1410 g/mol. The van der Waals surface area contributed by atoms with Crippen molar-refractivity contribution in [3.05, 3.63) is 12.2 Å². The molecule has 1 spiro atoms. The second kappa shape index (κ2) is 38.1. The maximum absolute atomic E-state index is 15.9. The van der Waals surface area contributed by atoms with Crippen LogP contribution in [0.3, 0.4) is 0 Å². The van der Waals surface area contributed by atoms with Gasteiger partial charge in [-0.2, -0.15) is 13.2 Å². The predicted octanol–water partition coefficient (Wildman–Crippen LogP) is 6.71. The summed E-state index contributed by atoms with van der Waals surface area (Å²) in [5.41, 5.74) is -2.12. The molecule has 4 aliphatic carbocycles. The van der Waals surface area contributed by atoms with Crippen molar-refractivity contribution < 1.29 is 80.2 Å². The molecule has 3 N–H and O–H groups in total. The van der Waals surface area contributed by atoms with E-state index in [4.69, 9.17) is 9.47 Å². The molecule has 3 unspecified atom stereocenters. The first-order valence-corrected chi connectivity index (χ1v) is 40.6. The number of hydrogen-bond acceptors (Lipinski definition) is 14. The third-order valence-electron chi connectivity index (χ3n) is 25.6. The number of carbonyl (C=O) groups is 12. The van der Waals surface area contributed by atoms with Crippen LogP contribution < -0.4 is 16.0 Å². The Morgan fingerprint density at radius 2 is 1.34 bits per heavy atom. The summed E-state index contributed by atoms with van der Waals surface area (Å²) in [6.07, 6.45) is 6.00. The second-order valence-electron chi connectivity index (χ2n) is 34.4. The van der Waals surface area contributed by atoms with Crippen molar-refractivity contribution in [1.82, 2.24) is 60.0 Å². The van der Waals surface area contributed by atoms with E-state index in [-0.39, 0.29) is 128 Å². The molecule has 3 saturated heterocycles. The van der Waals surface area contributed by atoms with Crippen LogP contribution in [0.2, 0.25) is 0 Å². The zero-order valence-electron chi connectivity index (χ0n) is 67.8. The molecule has 0 radical (unpaired) electrons. The molecule has 0 aromatic rings. The van der Waals surface area contributed by atoms with Crippen molar-refractivity contribution in [3.8, 4) is 0 Å². The number of amides is 12. The number of alkyl halides is 3. The Hall–Kier alpha value is -6.91. The summed E-state index contributed by atoms with van der Waals surface area (Å²) in [7, 11) is 10.0. The molecule has 12 amide bonds. The van der Waals surface area contributed by atoms with Gasteiger partial charge in [0, 0.05) is 82.2 Å². The zero-order valence-corrected chi connectivity index (χ0v) is 67.8. The molecule has 29 heteroatoms. The molecule has 109 heavy (non-hydrogen) atoms. The minimum Gasteiger partial charge on any atom is -0.381 e. The molecule has 4 saturated carbocycles. The lowest BCUT2D eigenvalue weighted by Gasteiger charge is -2.54. The molecule has 8 rings (SSSR count). The van der Waals surface area contributed by atoms with Crippen molar-refractivity contribution >= 4 is 70.9 Å². The first-order valence-electron chi connectivity index (χ1n) is 40.6. The summed E-state index contributed by atoms with van der Waals surface area (Å²) in [5.74, 6) is -10.4. The first kappa shape index (κ1) is 87.7. The molecule has 2 bridgehead atoms. The lowest BCUT2D eigenvalue weighted by molar-refractivity contribution is -0.215. The number of nitrogens with one attached hydrogen (secondary N) is 3. The molecule has 8 aliphatic rings. The minimum absolute atomic E-state index is 0.00126. The van der Waals surface area contributed by atoms with E-state index in [2.05, 4.69) is 22.9 Å². The highest BCUT2D eigenvalue weighted by atomic mass is 19.4. The largest absolute Gasteiger partial charge is 0.394 e. The number of hydrogen-bond donors (Lipinski definition) is 3. The standard InChI is InChI=1S/C80H129F3N12O14/c1-16-39-109-46-62-68(98)85-66(51(6)17-2)75(105)93-38-24-28-58(93)73(103)90(12)57-27-20-19-23-37-94(74(57)104)61(41-52-31-29-49(4)30-32-52)72(102)88(10)45-64(96)84-56(36-34-53-33-35-55(80(81,82)83)63(42-53)108-15)70(100)95-44-50(5)40-59(95)69(99)86-79(47-78(7,8)48-79)77(107)92(14)67(54-25-21-22-26-54)76(106)91(13)60(43-65(97)89(62)11)71(101)87(9)18-3/h19-20,49-63,66-67H,16-18,21-48H2,1-15H3,(H,84,96)(H,85,98)(H,86,99)/b20-19-/t49?,50-,51-,52?,53?,55?,56-,57-,58-,59-,60-,61-,62-,63?,66-,67-/m0/s1. The Bertz CT molecular complexity index is 3260. The summed E-state index contributed by atoms with van der Waals surface area (Å²) in [5, 5.41) is 8.99. The monoisotopic (exact) mass is 1540 g/mol. The third kappa shape index (κ3) is 20.9. The SMILES string of the molecule is CCCOC[C@H]1C(=O)N[C@@H]([C@@H](C)CC)C(=O)N2CCC[C@H]2C(=O)N(C)[C@H]2C/C=C\CCN(C2=O)[C@@H](CC2CCC(C)CC2)C(=O)N(C)CC(=O)N[C@@H](CCC2CCC(C(F)(F)F)C(OC)C2)C(=O)N2C[C@@H](C)C[C@H]2C(=O)NC2(CC(C)(C)C2)C(=O)N(C)[C@@H](C2CCCC2)C(=O)N(C)[C@H](C(=O)N(C)CC)CC(=O)N1C. The van der Waals surface area contributed by atoms with Gasteiger partial charge in [0.15, 0.2) is 0 Å². The molecular formula is C80H129F3N12O14. The molecule has 0 aromatic heterocycles. The predicted molar refractivity (Wildman–Crippen MR) is 403 cm³/mol. The molecule has 614 valence electrons. The van der Waals surface area contributed by atoms with Crippen LogP contribution in [0, 0.1) is 46.8 Å². The average Bonchev–Trinajstić information content (AvgIpc) is 1.71. The number of halogens is 3. The van der Waals surface area contributed by atoms with E-state index in [0.29, 0.717) is 44.4 Å². The minimum atomic E-state index is -4.51. The normalized spacial score (nSPS) is 32.6. The van der Waals surface area contributed by atoms with Crippen LogP contribution in [0.25, 0.3) is 0 Å². The van der Waals surface area contributed by atoms with Gasteiger partial charge in [-0.1, -0.05) is 106 Å². The van der Waals surface area contributed by atoms with Gasteiger partial charge in [-0.15, -0.1) is 0 Å². The molecule has 14 atom stereocenters. The number of ether oxygens (including phenoxy) is 2. The van der Waals surface area contributed by atoms with Gasteiger partial charge < -0.3 is 69.5 Å². The Morgan fingerprint density at radius 3 is 1.96 bits per heavy atom. The summed E-state index contributed by atoms with van der Waals surface area (Å²) in [6, 6.07) is -11.2. The summed E-state index contributed by atoms with van der Waals surface area (Å²) >= 11 is 0. The first-order chi connectivity index (χ1) is 51.4. The van der Waals surface area contributed by atoms with Crippen molar-refractivity contribution in [2.45, 2.75) is 282 Å². The third-order valence-corrected chi connectivity index (χ3v) is 25.6. The van der Waals surface area contributed by atoms with E-state index in [1.807, 2.05) is 46.8 Å². The highest BCUT2D eigenvalue weighted by Gasteiger charge is 2.60. The van der Waals surface area contributed by atoms with Crippen molar-refractivity contribution in [3.63, 3.8) is 0 Å². The number of nitrogens with zero attached hydrogens (tertiary/aromatic N) is 9. The Kier molecular flexibility index (Phi) is 30.6. The summed E-state index contributed by atoms with van der Waals surface area (Å²) < 4.78 is 54.5. The van der Waals surface area contributed by atoms with E-state index in [1.54, 1.807) is 13.8 Å². The lowest BCUT2D eigenvalue weighted by Crippen LogP contribution is -2.71. The fourth-order valence-electron chi connectivity index (χ4n) is 18.9. The van der Waals surface area contributed by atoms with E-state index in [9.17, 15) is 22.8 Å². The lowest BCUT2D eigenvalue weighted by atomic mass is 9.58. The van der Waals surface area contributed by atoms with Crippen LogP contribution in [0.4, 0.5) is 13.2 Å². The maximum atomic E-state index is 15.9. The van der Waals surface area contributed by atoms with Gasteiger partial charge in [-0.3, -0.25) is 57.5 Å². The molecule has 0 aromatic carbocycles. The Morgan fingerprint density at radius 1 is 0.670 bits per heavy atom. The fourth-order valence-corrected chi connectivity index (χ4v) is 18.9. The van der Waals surface area contributed by atoms with Gasteiger partial charge in [0.25, 0.3) is 0 Å². The van der Waals surface area contributed by atoms with Crippen molar-refractivity contribution in [2.75, 3.05) is 95.3 Å². The van der Waals surface area contributed by atoms with Crippen LogP contribution in [0.15, 0.2) is 12.2 Å². The summed E-state index contributed by atoms with van der Waals surface area (Å²) in [4.78, 5) is 197. The fraction of sp³-hybridized carbons (Fsp3) is 0.825. The Balaban J connectivity index is 1.22. The number of likely N-dealkylation sites (N-methyl/N-ethyl adjacent to an activating group) is 6. The highest BCUT2D eigenvalue weighted by molar-refractivity contribution is 6.01. The van der Waals surface area contributed by atoms with E-state index in [0.717, 1.165) is 43.4 Å². The van der Waals surface area contributed by atoms with Gasteiger partial charge in [-0.05, 0) is 151 Å². The van der Waals surface area contributed by atoms with Gasteiger partial charge in [-0.25, -0.2) is 0 Å². The highest BCUT2D eigenvalue weighted by Crippen LogP contribution is 2.50. The van der Waals surface area contributed by atoms with Crippen molar-refractivity contribution in [1.29, 1.82) is 0 Å². The van der Waals surface area contributed by atoms with Gasteiger partial charge in [0.2, 0.25) is 70.9 Å².